The summed E-state index contributed by atoms with van der Waals surface area (Å²) in [6.07, 6.45) is 3.16. The molecule has 0 aromatic heterocycles. The molecule has 2 aromatic rings. The summed E-state index contributed by atoms with van der Waals surface area (Å²) in [7, 11) is -2.36. The van der Waals surface area contributed by atoms with Crippen LogP contribution in [0.5, 0.6) is 0 Å². The Bertz CT molecular complexity index is 614. The molecule has 128 valence electrons. The largest absolute Gasteiger partial charge is 0.407 e. The first-order valence-electron chi connectivity index (χ1n) is 8.78. The molecule has 0 bridgehead atoms. The van der Waals surface area contributed by atoms with Crippen LogP contribution < -0.4 is 10.4 Å². The van der Waals surface area contributed by atoms with Crippen molar-refractivity contribution in [1.29, 1.82) is 0 Å². The molecular weight excluding hydrogens is 308 g/mol. The summed E-state index contributed by atoms with van der Waals surface area (Å²) in [5, 5.41) is 2.75. The van der Waals surface area contributed by atoms with E-state index in [1.807, 2.05) is 0 Å². The van der Waals surface area contributed by atoms with E-state index in [0.29, 0.717) is 0 Å². The molecule has 0 saturated heterocycles. The Balaban J connectivity index is 2.53. The molecule has 0 unspecified atom stereocenters. The number of benzene rings is 2. The Kier molecular flexibility index (Phi) is 6.19. The van der Waals surface area contributed by atoms with E-state index in [-0.39, 0.29) is 5.04 Å². The van der Waals surface area contributed by atoms with Crippen LogP contribution in [-0.2, 0) is 4.43 Å². The van der Waals surface area contributed by atoms with Crippen LogP contribution >= 0.6 is 0 Å². The first kappa shape index (κ1) is 18.7. The van der Waals surface area contributed by atoms with E-state index >= 15 is 0 Å². The van der Waals surface area contributed by atoms with Crippen LogP contribution in [0.1, 0.15) is 41.0 Å². The number of allylic oxidation sites excluding steroid dienone is 1. The maximum atomic E-state index is 6.84. The molecule has 2 aromatic carbocycles. The zero-order valence-corrected chi connectivity index (χ0v) is 16.7. The molecule has 2 heteroatoms. The van der Waals surface area contributed by atoms with Gasteiger partial charge in [-0.2, -0.15) is 0 Å². The average Bonchev–Trinajstić information content (AvgIpc) is 2.59. The van der Waals surface area contributed by atoms with Crippen LogP contribution in [-0.4, -0.2) is 14.9 Å². The lowest BCUT2D eigenvalue weighted by Crippen LogP contribution is -2.66. The topological polar surface area (TPSA) is 9.23 Å². The van der Waals surface area contributed by atoms with Crippen molar-refractivity contribution in [2.45, 2.75) is 46.1 Å². The Morgan fingerprint density at radius 2 is 1.38 bits per heavy atom. The molecule has 0 aliphatic heterocycles. The highest BCUT2D eigenvalue weighted by Crippen LogP contribution is 2.36. The fraction of sp³-hybridized carbons (Fsp3) is 0.364. The molecule has 1 nitrogen and oxygen atoms in total. The maximum absolute atomic E-state index is 6.84. The zero-order valence-electron chi connectivity index (χ0n) is 15.7. The van der Waals surface area contributed by atoms with E-state index in [1.165, 1.54) is 15.9 Å². The van der Waals surface area contributed by atoms with Crippen LogP contribution in [0.3, 0.4) is 0 Å². The van der Waals surface area contributed by atoms with Crippen molar-refractivity contribution in [1.82, 2.24) is 0 Å². The van der Waals surface area contributed by atoms with Gasteiger partial charge in [-0.15, -0.1) is 0 Å². The normalized spacial score (nSPS) is 13.1. The van der Waals surface area contributed by atoms with Crippen molar-refractivity contribution in [3.63, 3.8) is 0 Å². The van der Waals surface area contributed by atoms with Gasteiger partial charge in [0, 0.05) is 6.61 Å². The average molecular weight is 339 g/mol. The highest BCUT2D eigenvalue weighted by atomic mass is 28.4. The van der Waals surface area contributed by atoms with E-state index in [9.17, 15) is 0 Å². The zero-order chi connectivity index (χ0) is 17.6. The molecule has 0 radical (unpaired) electrons. The second kappa shape index (κ2) is 7.95. The molecule has 0 fully saturated rings. The third kappa shape index (κ3) is 3.88. The Morgan fingerprint density at radius 3 is 1.75 bits per heavy atom. The van der Waals surface area contributed by atoms with Crippen molar-refractivity contribution < 1.29 is 4.43 Å². The highest BCUT2D eigenvalue weighted by molar-refractivity contribution is 6.99. The monoisotopic (exact) mass is 338 g/mol. The number of hydrogen-bond acceptors (Lipinski definition) is 1. The predicted molar refractivity (Wildman–Crippen MR) is 108 cm³/mol. The van der Waals surface area contributed by atoms with Gasteiger partial charge in [-0.3, -0.25) is 0 Å². The number of rotatable bonds is 6. The van der Waals surface area contributed by atoms with Gasteiger partial charge in [0.05, 0.1) is 0 Å². The molecule has 0 aliphatic carbocycles. The van der Waals surface area contributed by atoms with E-state index in [4.69, 9.17) is 4.43 Å². The van der Waals surface area contributed by atoms with Crippen LogP contribution in [0.25, 0.3) is 0 Å². The minimum Gasteiger partial charge on any atom is -0.407 e. The molecular formula is C22H30OSi. The Labute approximate surface area is 148 Å². The summed E-state index contributed by atoms with van der Waals surface area (Å²) in [4.78, 5) is 0. The van der Waals surface area contributed by atoms with Crippen LogP contribution in [0, 0.1) is 0 Å². The van der Waals surface area contributed by atoms with Gasteiger partial charge in [0.15, 0.2) is 0 Å². The molecule has 2 rings (SSSR count). The number of hydrogen-bond donors (Lipinski definition) is 0. The molecule has 0 amide bonds. The van der Waals surface area contributed by atoms with Gasteiger partial charge < -0.3 is 4.43 Å². The third-order valence-corrected chi connectivity index (χ3v) is 9.77. The fourth-order valence-corrected chi connectivity index (χ4v) is 7.83. The van der Waals surface area contributed by atoms with E-state index in [2.05, 4.69) is 101 Å². The van der Waals surface area contributed by atoms with Crippen molar-refractivity contribution in [3.05, 3.63) is 72.3 Å². The minimum atomic E-state index is -2.36. The molecule has 24 heavy (non-hydrogen) atoms. The summed E-state index contributed by atoms with van der Waals surface area (Å²) in [6, 6.07) is 21.7. The third-order valence-electron chi connectivity index (χ3n) is 4.72. The standard InChI is InChI=1S/C22H30OSi/c1-6-19(2)17-18-23-24(22(3,4)5,20-13-9-7-10-14-20)21-15-11-8-12-16-21/h6-16H,17-18H2,1-5H3. The first-order chi connectivity index (χ1) is 11.4. The molecule has 0 spiro atoms. The van der Waals surface area contributed by atoms with Crippen molar-refractivity contribution in [2.75, 3.05) is 6.61 Å². The van der Waals surface area contributed by atoms with Crippen LogP contribution in [0.2, 0.25) is 5.04 Å². The quantitative estimate of drug-likeness (QED) is 0.536. The fourth-order valence-electron chi connectivity index (χ4n) is 3.27. The van der Waals surface area contributed by atoms with Crippen molar-refractivity contribution in [3.8, 4) is 0 Å². The van der Waals surface area contributed by atoms with Gasteiger partial charge in [0.25, 0.3) is 8.32 Å². The smallest absolute Gasteiger partial charge is 0.261 e. The molecule has 0 aliphatic rings. The molecule has 0 N–H and O–H groups in total. The van der Waals surface area contributed by atoms with Gasteiger partial charge in [-0.1, -0.05) is 93.1 Å². The van der Waals surface area contributed by atoms with Crippen LogP contribution in [0.15, 0.2) is 72.3 Å². The second-order valence-corrected chi connectivity index (χ2v) is 11.7. The minimum absolute atomic E-state index is 0.0551. The van der Waals surface area contributed by atoms with Gasteiger partial charge in [0.1, 0.15) is 0 Å². The summed E-state index contributed by atoms with van der Waals surface area (Å²) in [6.45, 7) is 12.0. The van der Waals surface area contributed by atoms with Gasteiger partial charge >= 0.3 is 0 Å². The van der Waals surface area contributed by atoms with E-state index < -0.39 is 8.32 Å². The maximum Gasteiger partial charge on any atom is 0.261 e. The lowest BCUT2D eigenvalue weighted by atomic mass is 10.2. The van der Waals surface area contributed by atoms with Gasteiger partial charge in [0.2, 0.25) is 0 Å². The lowest BCUT2D eigenvalue weighted by molar-refractivity contribution is 0.301. The van der Waals surface area contributed by atoms with Gasteiger partial charge in [-0.05, 0) is 35.7 Å². The summed E-state index contributed by atoms with van der Waals surface area (Å²) in [5.74, 6) is 0. The Morgan fingerprint density at radius 1 is 0.917 bits per heavy atom. The summed E-state index contributed by atoms with van der Waals surface area (Å²) < 4.78 is 6.84. The molecule has 0 heterocycles. The molecule has 0 saturated carbocycles. The predicted octanol–water partition coefficient (Wildman–Crippen LogP) is 4.92. The van der Waals surface area contributed by atoms with Gasteiger partial charge in [-0.25, -0.2) is 0 Å². The first-order valence-corrected chi connectivity index (χ1v) is 10.7. The van der Waals surface area contributed by atoms with Crippen molar-refractivity contribution >= 4 is 18.7 Å². The Hall–Kier alpha value is -1.64. The van der Waals surface area contributed by atoms with Crippen LogP contribution in [0.4, 0.5) is 0 Å². The van der Waals surface area contributed by atoms with E-state index in [1.54, 1.807) is 0 Å². The summed E-state index contributed by atoms with van der Waals surface area (Å²) >= 11 is 0. The highest BCUT2D eigenvalue weighted by Gasteiger charge is 2.49. The van der Waals surface area contributed by atoms with E-state index in [0.717, 1.165) is 13.0 Å². The second-order valence-electron chi connectivity index (χ2n) is 7.40. The van der Waals surface area contributed by atoms with Crippen molar-refractivity contribution in [2.24, 2.45) is 0 Å². The SMILES string of the molecule is CC=C(C)CCO[Si](c1ccccc1)(c1ccccc1)C(C)(C)C. The molecule has 0 atom stereocenters. The summed E-state index contributed by atoms with van der Waals surface area (Å²) in [5.41, 5.74) is 1.38. The lowest BCUT2D eigenvalue weighted by Gasteiger charge is -2.43.